The van der Waals surface area contributed by atoms with Crippen LogP contribution in [0.3, 0.4) is 0 Å². The number of carbonyl (C=O) groups is 1. The topological polar surface area (TPSA) is 72.5 Å². The van der Waals surface area contributed by atoms with Gasteiger partial charge in [0.2, 0.25) is 0 Å². The highest BCUT2D eigenvalue weighted by Gasteiger charge is 2.19. The molecule has 0 saturated carbocycles. The maximum Gasteiger partial charge on any atom is 0.327 e. The highest BCUT2D eigenvalue weighted by molar-refractivity contribution is 5.78. The molecular weight excluding hydrogens is 182 g/mol. The van der Waals surface area contributed by atoms with Crippen LogP contribution in [-0.2, 0) is 9.53 Å². The standard InChI is InChI=1S/C10H13NO3/c1-2-14-10(13)9(11)7-5-3-4-6-8(7)12/h3-6,9,12H,2,11H2,1H3. The maximum atomic E-state index is 11.2. The molecule has 3 N–H and O–H groups in total. The minimum atomic E-state index is -0.920. The molecule has 0 aliphatic carbocycles. The van der Waals surface area contributed by atoms with Gasteiger partial charge in [0.1, 0.15) is 11.8 Å². The number of phenols is 1. The monoisotopic (exact) mass is 195 g/mol. The summed E-state index contributed by atoms with van der Waals surface area (Å²) in [5, 5.41) is 9.41. The molecule has 1 aromatic rings. The van der Waals surface area contributed by atoms with Crippen molar-refractivity contribution in [2.24, 2.45) is 5.73 Å². The highest BCUT2D eigenvalue weighted by atomic mass is 16.5. The van der Waals surface area contributed by atoms with Crippen LogP contribution in [0.25, 0.3) is 0 Å². The normalized spacial score (nSPS) is 12.1. The van der Waals surface area contributed by atoms with Gasteiger partial charge in [-0.2, -0.15) is 0 Å². The molecule has 0 aliphatic rings. The number of phenolic OH excluding ortho intramolecular Hbond substituents is 1. The molecule has 4 heteroatoms. The second-order valence-electron chi connectivity index (χ2n) is 2.79. The Kier molecular flexibility index (Phi) is 3.48. The molecule has 0 spiro atoms. The number of hydrogen-bond donors (Lipinski definition) is 2. The van der Waals surface area contributed by atoms with E-state index >= 15 is 0 Å². The molecule has 76 valence electrons. The van der Waals surface area contributed by atoms with Gasteiger partial charge in [-0.05, 0) is 13.0 Å². The number of carbonyl (C=O) groups excluding carboxylic acids is 1. The van der Waals surface area contributed by atoms with E-state index in [0.717, 1.165) is 0 Å². The van der Waals surface area contributed by atoms with E-state index in [4.69, 9.17) is 10.5 Å². The Bertz CT molecular complexity index is 325. The van der Waals surface area contributed by atoms with Crippen molar-refractivity contribution >= 4 is 5.97 Å². The fourth-order valence-corrected chi connectivity index (χ4v) is 1.11. The number of hydrogen-bond acceptors (Lipinski definition) is 4. The molecular formula is C10H13NO3. The van der Waals surface area contributed by atoms with Crippen molar-refractivity contribution in [1.82, 2.24) is 0 Å². The zero-order chi connectivity index (χ0) is 10.6. The predicted molar refractivity (Wildman–Crippen MR) is 51.7 cm³/mol. The first-order valence-electron chi connectivity index (χ1n) is 4.37. The van der Waals surface area contributed by atoms with Crippen molar-refractivity contribution in [3.05, 3.63) is 29.8 Å². The maximum absolute atomic E-state index is 11.2. The second-order valence-corrected chi connectivity index (χ2v) is 2.79. The predicted octanol–water partition coefficient (Wildman–Crippen LogP) is 0.955. The van der Waals surface area contributed by atoms with E-state index in [2.05, 4.69) is 0 Å². The third-order valence-corrected chi connectivity index (χ3v) is 1.81. The molecule has 0 radical (unpaired) electrons. The fourth-order valence-electron chi connectivity index (χ4n) is 1.11. The molecule has 4 nitrogen and oxygen atoms in total. The van der Waals surface area contributed by atoms with Crippen LogP contribution in [0.2, 0.25) is 0 Å². The van der Waals surface area contributed by atoms with Crippen molar-refractivity contribution in [3.8, 4) is 5.75 Å². The Balaban J connectivity index is 2.84. The van der Waals surface area contributed by atoms with E-state index in [1.54, 1.807) is 25.1 Å². The molecule has 1 rings (SSSR count). The van der Waals surface area contributed by atoms with Gasteiger partial charge >= 0.3 is 5.97 Å². The van der Waals surface area contributed by atoms with Crippen LogP contribution < -0.4 is 5.73 Å². The highest BCUT2D eigenvalue weighted by Crippen LogP contribution is 2.22. The van der Waals surface area contributed by atoms with E-state index in [9.17, 15) is 9.90 Å². The van der Waals surface area contributed by atoms with Crippen molar-refractivity contribution in [1.29, 1.82) is 0 Å². The van der Waals surface area contributed by atoms with Crippen molar-refractivity contribution in [2.75, 3.05) is 6.61 Å². The van der Waals surface area contributed by atoms with Gasteiger partial charge in [-0.25, -0.2) is 4.79 Å². The van der Waals surface area contributed by atoms with Gasteiger partial charge in [0.15, 0.2) is 0 Å². The Morgan fingerprint density at radius 2 is 2.21 bits per heavy atom. The largest absolute Gasteiger partial charge is 0.508 e. The first-order chi connectivity index (χ1) is 6.66. The number of para-hydroxylation sites is 1. The summed E-state index contributed by atoms with van der Waals surface area (Å²) in [6.07, 6.45) is 0. The molecule has 14 heavy (non-hydrogen) atoms. The van der Waals surface area contributed by atoms with Gasteiger partial charge in [0.05, 0.1) is 6.61 Å². The van der Waals surface area contributed by atoms with Crippen LogP contribution in [0.5, 0.6) is 5.75 Å². The van der Waals surface area contributed by atoms with E-state index in [1.807, 2.05) is 0 Å². The number of rotatable bonds is 3. The first kappa shape index (κ1) is 10.5. The number of ether oxygens (including phenoxy) is 1. The second kappa shape index (κ2) is 4.62. The lowest BCUT2D eigenvalue weighted by atomic mass is 10.1. The third kappa shape index (κ3) is 2.23. The molecule has 1 unspecified atom stereocenters. The van der Waals surface area contributed by atoms with Crippen LogP contribution >= 0.6 is 0 Å². The van der Waals surface area contributed by atoms with E-state index in [0.29, 0.717) is 5.56 Å². The lowest BCUT2D eigenvalue weighted by molar-refractivity contribution is -0.144. The lowest BCUT2D eigenvalue weighted by Gasteiger charge is -2.11. The van der Waals surface area contributed by atoms with E-state index in [-0.39, 0.29) is 12.4 Å². The number of esters is 1. The molecule has 0 fully saturated rings. The lowest BCUT2D eigenvalue weighted by Crippen LogP contribution is -2.23. The van der Waals surface area contributed by atoms with Crippen molar-refractivity contribution < 1.29 is 14.6 Å². The van der Waals surface area contributed by atoms with Gasteiger partial charge < -0.3 is 15.6 Å². The minimum Gasteiger partial charge on any atom is -0.508 e. The van der Waals surface area contributed by atoms with Crippen molar-refractivity contribution in [3.63, 3.8) is 0 Å². The SMILES string of the molecule is CCOC(=O)C(N)c1ccccc1O. The fraction of sp³-hybridized carbons (Fsp3) is 0.300. The Hall–Kier alpha value is -1.55. The molecule has 0 bridgehead atoms. The molecule has 0 amide bonds. The molecule has 1 atom stereocenters. The average molecular weight is 195 g/mol. The van der Waals surface area contributed by atoms with Crippen molar-refractivity contribution in [2.45, 2.75) is 13.0 Å². The van der Waals surface area contributed by atoms with Crippen LogP contribution in [0, 0.1) is 0 Å². The number of benzene rings is 1. The van der Waals surface area contributed by atoms with Gasteiger partial charge in [-0.3, -0.25) is 0 Å². The Morgan fingerprint density at radius 1 is 1.57 bits per heavy atom. The van der Waals surface area contributed by atoms with Crippen LogP contribution in [0.15, 0.2) is 24.3 Å². The van der Waals surface area contributed by atoms with E-state index < -0.39 is 12.0 Å². The zero-order valence-corrected chi connectivity index (χ0v) is 7.93. The number of aromatic hydroxyl groups is 1. The summed E-state index contributed by atoms with van der Waals surface area (Å²) >= 11 is 0. The summed E-state index contributed by atoms with van der Waals surface area (Å²) in [6.45, 7) is 1.98. The summed E-state index contributed by atoms with van der Waals surface area (Å²) in [7, 11) is 0. The van der Waals surface area contributed by atoms with Crippen LogP contribution in [0.4, 0.5) is 0 Å². The summed E-state index contributed by atoms with van der Waals surface area (Å²) in [5.74, 6) is -0.526. The van der Waals surface area contributed by atoms with Gasteiger partial charge in [-0.15, -0.1) is 0 Å². The zero-order valence-electron chi connectivity index (χ0n) is 7.93. The molecule has 0 saturated heterocycles. The average Bonchev–Trinajstić information content (AvgIpc) is 2.18. The van der Waals surface area contributed by atoms with Crippen LogP contribution in [0.1, 0.15) is 18.5 Å². The number of nitrogens with two attached hydrogens (primary N) is 1. The minimum absolute atomic E-state index is 0.00746. The van der Waals surface area contributed by atoms with Gasteiger partial charge in [0.25, 0.3) is 0 Å². The van der Waals surface area contributed by atoms with Gasteiger partial charge in [-0.1, -0.05) is 18.2 Å². The molecule has 0 aliphatic heterocycles. The summed E-state index contributed by atoms with van der Waals surface area (Å²) in [6, 6.07) is 5.52. The molecule has 0 heterocycles. The Morgan fingerprint density at radius 3 is 2.79 bits per heavy atom. The van der Waals surface area contributed by atoms with E-state index in [1.165, 1.54) is 6.07 Å². The summed E-state index contributed by atoms with van der Waals surface area (Å²) in [5.41, 5.74) is 5.97. The summed E-state index contributed by atoms with van der Waals surface area (Å²) < 4.78 is 4.74. The smallest absolute Gasteiger partial charge is 0.327 e. The molecule has 0 aromatic heterocycles. The summed E-state index contributed by atoms with van der Waals surface area (Å²) in [4.78, 5) is 11.2. The van der Waals surface area contributed by atoms with Gasteiger partial charge in [0, 0.05) is 5.56 Å². The Labute approximate surface area is 82.3 Å². The van der Waals surface area contributed by atoms with Crippen LogP contribution in [-0.4, -0.2) is 17.7 Å². The first-order valence-corrected chi connectivity index (χ1v) is 4.37. The quantitative estimate of drug-likeness (QED) is 0.704. The molecule has 1 aromatic carbocycles. The third-order valence-electron chi connectivity index (χ3n) is 1.81.